The SMILES string of the molecule is CCc1nc2cc(-n3c(C(=O)NCc4ccccc4)c4n(c3=O)CCN(C(=O)c3ccc(Br)c(Cl)c3)C4)ccc2o1. The maximum Gasteiger partial charge on any atom is 0.333 e. The number of benzene rings is 3. The van der Waals surface area contributed by atoms with E-state index in [2.05, 4.69) is 26.2 Å². The molecule has 0 saturated heterocycles. The number of halogens is 2. The van der Waals surface area contributed by atoms with E-state index < -0.39 is 5.91 Å². The number of carbonyl (C=O) groups excluding carboxylic acids is 2. The van der Waals surface area contributed by atoms with Crippen LogP contribution in [0, 0.1) is 0 Å². The summed E-state index contributed by atoms with van der Waals surface area (Å²) in [6, 6.07) is 19.8. The summed E-state index contributed by atoms with van der Waals surface area (Å²) < 4.78 is 9.40. The van der Waals surface area contributed by atoms with E-state index in [0.29, 0.717) is 56.4 Å². The van der Waals surface area contributed by atoms with Gasteiger partial charge in [-0.1, -0.05) is 48.9 Å². The van der Waals surface area contributed by atoms with Crippen LogP contribution in [0.3, 0.4) is 0 Å². The lowest BCUT2D eigenvalue weighted by molar-refractivity contribution is 0.0706. The summed E-state index contributed by atoms with van der Waals surface area (Å²) in [4.78, 5) is 47.2. The number of amides is 2. The molecule has 1 aliphatic rings. The Morgan fingerprint density at radius 3 is 2.63 bits per heavy atom. The molecule has 0 unspecified atom stereocenters. The smallest absolute Gasteiger partial charge is 0.333 e. The molecule has 2 amide bonds. The van der Waals surface area contributed by atoms with Crippen molar-refractivity contribution in [2.24, 2.45) is 0 Å². The van der Waals surface area contributed by atoms with Crippen molar-refractivity contribution in [3.8, 4) is 5.69 Å². The molecule has 6 rings (SSSR count). The third-order valence-electron chi connectivity index (χ3n) is 7.12. The van der Waals surface area contributed by atoms with Gasteiger partial charge in [0.25, 0.3) is 11.8 Å². The number of aromatic nitrogens is 3. The van der Waals surface area contributed by atoms with Gasteiger partial charge in [-0.25, -0.2) is 9.78 Å². The molecule has 5 aromatic rings. The molecule has 208 valence electrons. The Hall–Kier alpha value is -4.15. The molecular weight excluding hydrogens is 610 g/mol. The monoisotopic (exact) mass is 633 g/mol. The largest absolute Gasteiger partial charge is 0.441 e. The van der Waals surface area contributed by atoms with Crippen molar-refractivity contribution in [2.75, 3.05) is 6.54 Å². The Morgan fingerprint density at radius 1 is 1.07 bits per heavy atom. The fourth-order valence-corrected chi connectivity index (χ4v) is 5.46. The molecule has 0 aliphatic carbocycles. The fraction of sp³-hybridized carbons (Fsp3) is 0.200. The third-order valence-corrected chi connectivity index (χ3v) is 8.35. The first-order valence-electron chi connectivity index (χ1n) is 13.1. The minimum Gasteiger partial charge on any atom is -0.441 e. The van der Waals surface area contributed by atoms with Crippen LogP contribution < -0.4 is 11.0 Å². The van der Waals surface area contributed by atoms with Gasteiger partial charge in [-0.3, -0.25) is 18.7 Å². The van der Waals surface area contributed by atoms with Crippen LogP contribution in [-0.4, -0.2) is 37.4 Å². The van der Waals surface area contributed by atoms with E-state index in [0.717, 1.165) is 5.56 Å². The molecule has 0 bridgehead atoms. The van der Waals surface area contributed by atoms with E-state index in [4.69, 9.17) is 16.0 Å². The number of hydrogen-bond donors (Lipinski definition) is 1. The van der Waals surface area contributed by atoms with Crippen LogP contribution in [0.1, 0.15) is 44.9 Å². The summed E-state index contributed by atoms with van der Waals surface area (Å²) in [7, 11) is 0. The normalized spacial score (nSPS) is 12.9. The minimum absolute atomic E-state index is 0.0784. The first-order valence-corrected chi connectivity index (χ1v) is 14.3. The minimum atomic E-state index is -0.421. The lowest BCUT2D eigenvalue weighted by Crippen LogP contribution is -2.41. The van der Waals surface area contributed by atoms with Crippen molar-refractivity contribution >= 4 is 50.4 Å². The van der Waals surface area contributed by atoms with E-state index >= 15 is 0 Å². The van der Waals surface area contributed by atoms with Crippen LogP contribution in [0.4, 0.5) is 0 Å². The summed E-state index contributed by atoms with van der Waals surface area (Å²) in [5.74, 6) is -0.0727. The van der Waals surface area contributed by atoms with Crippen LogP contribution >= 0.6 is 27.5 Å². The van der Waals surface area contributed by atoms with Crippen LogP contribution in [0.25, 0.3) is 16.8 Å². The number of nitrogens with one attached hydrogen (secondary N) is 1. The number of nitrogens with zero attached hydrogens (tertiary/aromatic N) is 4. The maximum atomic E-state index is 13.8. The molecule has 41 heavy (non-hydrogen) atoms. The molecule has 1 N–H and O–H groups in total. The zero-order chi connectivity index (χ0) is 28.7. The number of carbonyl (C=O) groups is 2. The summed E-state index contributed by atoms with van der Waals surface area (Å²) in [6.45, 7) is 2.84. The quantitative estimate of drug-likeness (QED) is 0.272. The summed E-state index contributed by atoms with van der Waals surface area (Å²) in [5.41, 5.74) is 3.30. The predicted molar refractivity (Wildman–Crippen MR) is 158 cm³/mol. The molecule has 0 spiro atoms. The predicted octanol–water partition coefficient (Wildman–Crippen LogP) is 5.34. The highest BCUT2D eigenvalue weighted by Gasteiger charge is 2.32. The van der Waals surface area contributed by atoms with Crippen molar-refractivity contribution < 1.29 is 14.0 Å². The zero-order valence-corrected chi connectivity index (χ0v) is 24.4. The van der Waals surface area contributed by atoms with Crippen molar-refractivity contribution in [3.63, 3.8) is 0 Å². The van der Waals surface area contributed by atoms with Crippen LogP contribution in [-0.2, 0) is 26.1 Å². The second-order valence-electron chi connectivity index (χ2n) is 9.70. The number of rotatable bonds is 6. The third kappa shape index (κ3) is 5.09. The van der Waals surface area contributed by atoms with Gasteiger partial charge in [-0.2, -0.15) is 0 Å². The first kappa shape index (κ1) is 27.0. The van der Waals surface area contributed by atoms with E-state index in [1.165, 1.54) is 4.57 Å². The second kappa shape index (κ2) is 11.0. The van der Waals surface area contributed by atoms with Gasteiger partial charge < -0.3 is 14.6 Å². The second-order valence-corrected chi connectivity index (χ2v) is 11.0. The molecule has 11 heteroatoms. The van der Waals surface area contributed by atoms with Gasteiger partial charge in [-0.05, 0) is 57.9 Å². The lowest BCUT2D eigenvalue weighted by Gasteiger charge is -2.28. The molecule has 9 nitrogen and oxygen atoms in total. The molecule has 0 saturated carbocycles. The van der Waals surface area contributed by atoms with E-state index in [1.807, 2.05) is 37.3 Å². The van der Waals surface area contributed by atoms with Gasteiger partial charge in [0.2, 0.25) is 0 Å². The molecule has 3 heterocycles. The lowest BCUT2D eigenvalue weighted by atomic mass is 10.1. The van der Waals surface area contributed by atoms with Gasteiger partial charge >= 0.3 is 5.69 Å². The van der Waals surface area contributed by atoms with E-state index in [1.54, 1.807) is 45.9 Å². The molecule has 2 aromatic heterocycles. The van der Waals surface area contributed by atoms with E-state index in [-0.39, 0.29) is 36.9 Å². The summed E-state index contributed by atoms with van der Waals surface area (Å²) in [6.07, 6.45) is 0.630. The molecular formula is C30H25BrClN5O4. The Balaban J connectivity index is 1.42. The van der Waals surface area contributed by atoms with Crippen molar-refractivity contribution in [3.05, 3.63) is 115 Å². The van der Waals surface area contributed by atoms with Crippen molar-refractivity contribution in [1.29, 1.82) is 0 Å². The van der Waals surface area contributed by atoms with Crippen LogP contribution in [0.15, 0.2) is 80.4 Å². The molecule has 0 radical (unpaired) electrons. The average molecular weight is 635 g/mol. The first-order chi connectivity index (χ1) is 19.8. The Bertz CT molecular complexity index is 1860. The summed E-state index contributed by atoms with van der Waals surface area (Å²) in [5, 5.41) is 3.38. The number of aryl methyl sites for hydroxylation is 1. The van der Waals surface area contributed by atoms with E-state index in [9.17, 15) is 14.4 Å². The molecule has 1 aliphatic heterocycles. The molecule has 0 atom stereocenters. The van der Waals surface area contributed by atoms with Crippen LogP contribution in [0.5, 0.6) is 0 Å². The number of imidazole rings is 1. The number of oxazole rings is 1. The standard InChI is InChI=1S/C30H25BrClN5O4/c1-2-26-34-23-15-20(9-11-25(23)41-26)37-27(28(38)33-16-18-6-4-3-5-7-18)24-17-35(12-13-36(24)30(37)40)29(39)19-8-10-21(31)22(32)14-19/h3-11,14-15H,2,12-13,16-17H2,1H3,(H,33,38). The fourth-order valence-electron chi connectivity index (χ4n) is 5.03. The van der Waals surface area contributed by atoms with Crippen LogP contribution in [0.2, 0.25) is 5.02 Å². The van der Waals surface area contributed by atoms with Crippen molar-refractivity contribution in [2.45, 2.75) is 33.0 Å². The van der Waals surface area contributed by atoms with Gasteiger partial charge in [0.15, 0.2) is 11.5 Å². The van der Waals surface area contributed by atoms with Gasteiger partial charge in [-0.15, -0.1) is 0 Å². The van der Waals surface area contributed by atoms with Crippen molar-refractivity contribution in [1.82, 2.24) is 24.3 Å². The Morgan fingerprint density at radius 2 is 1.88 bits per heavy atom. The molecule has 3 aromatic carbocycles. The molecule has 0 fully saturated rings. The highest BCUT2D eigenvalue weighted by atomic mass is 79.9. The number of fused-ring (bicyclic) bond motifs is 2. The Kier molecular flexibility index (Phi) is 7.27. The Labute approximate surface area is 248 Å². The summed E-state index contributed by atoms with van der Waals surface area (Å²) >= 11 is 9.60. The highest BCUT2D eigenvalue weighted by molar-refractivity contribution is 9.10. The zero-order valence-electron chi connectivity index (χ0n) is 22.1. The van der Waals surface area contributed by atoms with Gasteiger partial charge in [0, 0.05) is 36.1 Å². The average Bonchev–Trinajstić information content (AvgIpc) is 3.55. The number of hydrogen-bond acceptors (Lipinski definition) is 5. The van der Waals surface area contributed by atoms with Gasteiger partial charge in [0.05, 0.1) is 22.9 Å². The highest BCUT2D eigenvalue weighted by Crippen LogP contribution is 2.27. The topological polar surface area (TPSA) is 102 Å². The maximum absolute atomic E-state index is 13.8. The van der Waals surface area contributed by atoms with Gasteiger partial charge in [0.1, 0.15) is 11.2 Å².